The number of likely N-dealkylation sites (tertiary alicyclic amines) is 1. The standard InChI is InChI=1S/C27H29N5O2S2/c1-5-18(3)31-15-19-9-10-20(16-31)32(19)26(33)21-13-23(17(2)12-22(21)34-4)35-25-14-29-27(36-25)30-24-8-6-7-11-28-24/h5-8,11-14,19-20H,1,3,9-10,15-16H2,2,4H3,(H,28,29,30)/t19-,20+. The number of methoxy groups -OCH3 is 1. The lowest BCUT2D eigenvalue weighted by atomic mass is 10.1. The maximum absolute atomic E-state index is 13.9. The van der Waals surface area contributed by atoms with Crippen LogP contribution in [-0.2, 0) is 0 Å². The molecule has 1 aromatic carbocycles. The minimum Gasteiger partial charge on any atom is -0.496 e. The number of carbonyl (C=O) groups is 1. The summed E-state index contributed by atoms with van der Waals surface area (Å²) in [5.41, 5.74) is 2.58. The molecule has 0 aliphatic carbocycles. The van der Waals surface area contributed by atoms with E-state index in [1.807, 2.05) is 43.5 Å². The molecule has 4 heterocycles. The Morgan fingerprint density at radius 1 is 1.25 bits per heavy atom. The Morgan fingerprint density at radius 3 is 2.69 bits per heavy atom. The van der Waals surface area contributed by atoms with Crippen LogP contribution in [0, 0.1) is 6.92 Å². The molecule has 186 valence electrons. The third-order valence-corrected chi connectivity index (χ3v) is 8.85. The number of fused-ring (bicyclic) bond motifs is 2. The van der Waals surface area contributed by atoms with Gasteiger partial charge in [-0.05, 0) is 55.7 Å². The second-order valence-corrected chi connectivity index (χ2v) is 11.3. The summed E-state index contributed by atoms with van der Waals surface area (Å²) in [5, 5.41) is 4.01. The van der Waals surface area contributed by atoms with Gasteiger partial charge < -0.3 is 19.9 Å². The van der Waals surface area contributed by atoms with E-state index in [0.29, 0.717) is 11.3 Å². The molecule has 7 nitrogen and oxygen atoms in total. The van der Waals surface area contributed by atoms with Crippen molar-refractivity contribution in [2.24, 2.45) is 0 Å². The van der Waals surface area contributed by atoms with Gasteiger partial charge in [0.05, 0.1) is 23.1 Å². The molecule has 5 rings (SSSR count). The average molecular weight is 520 g/mol. The molecule has 0 radical (unpaired) electrons. The Morgan fingerprint density at radius 2 is 2.03 bits per heavy atom. The van der Waals surface area contributed by atoms with Crippen molar-refractivity contribution in [1.29, 1.82) is 0 Å². The Bertz CT molecular complexity index is 1280. The topological polar surface area (TPSA) is 70.6 Å². The predicted molar refractivity (Wildman–Crippen MR) is 145 cm³/mol. The van der Waals surface area contributed by atoms with Crippen molar-refractivity contribution in [2.45, 2.75) is 41.0 Å². The number of rotatable bonds is 8. The molecule has 0 spiro atoms. The average Bonchev–Trinajstić information content (AvgIpc) is 3.44. The highest BCUT2D eigenvalue weighted by Gasteiger charge is 2.43. The molecule has 2 atom stereocenters. The number of aromatic nitrogens is 2. The number of benzene rings is 1. The van der Waals surface area contributed by atoms with E-state index < -0.39 is 0 Å². The Balaban J connectivity index is 1.37. The molecule has 2 aromatic heterocycles. The number of aryl methyl sites for hydroxylation is 1. The fourth-order valence-electron chi connectivity index (χ4n) is 4.86. The van der Waals surface area contributed by atoms with Crippen LogP contribution in [0.25, 0.3) is 0 Å². The van der Waals surface area contributed by atoms with Crippen molar-refractivity contribution < 1.29 is 9.53 Å². The quantitative estimate of drug-likeness (QED) is 0.381. The largest absolute Gasteiger partial charge is 0.496 e. The van der Waals surface area contributed by atoms with Gasteiger partial charge >= 0.3 is 0 Å². The van der Waals surface area contributed by atoms with Crippen LogP contribution in [0.15, 0.2) is 76.8 Å². The second kappa shape index (κ2) is 10.4. The first-order valence-corrected chi connectivity index (χ1v) is 13.5. The van der Waals surface area contributed by atoms with E-state index in [1.165, 1.54) is 0 Å². The Labute approximate surface area is 219 Å². The molecular weight excluding hydrogens is 490 g/mol. The molecule has 1 amide bonds. The van der Waals surface area contributed by atoms with E-state index in [4.69, 9.17) is 4.74 Å². The zero-order chi connectivity index (χ0) is 25.2. The number of carbonyl (C=O) groups excluding carboxylic acids is 1. The Hall–Kier alpha value is -3.30. The van der Waals surface area contributed by atoms with Crippen LogP contribution in [0.4, 0.5) is 10.9 Å². The van der Waals surface area contributed by atoms with Gasteiger partial charge in [0, 0.05) is 42.0 Å². The van der Waals surface area contributed by atoms with Crippen LogP contribution in [0.1, 0.15) is 28.8 Å². The van der Waals surface area contributed by atoms with Gasteiger partial charge in [-0.2, -0.15) is 0 Å². The molecule has 2 bridgehead atoms. The van der Waals surface area contributed by atoms with Gasteiger partial charge in [0.15, 0.2) is 5.13 Å². The van der Waals surface area contributed by atoms with E-state index >= 15 is 0 Å². The van der Waals surface area contributed by atoms with Crippen LogP contribution >= 0.6 is 23.1 Å². The number of piperazine rings is 1. The lowest BCUT2D eigenvalue weighted by molar-refractivity contribution is 0.0487. The van der Waals surface area contributed by atoms with Crippen LogP contribution in [-0.4, -0.2) is 58.0 Å². The molecule has 1 N–H and O–H groups in total. The van der Waals surface area contributed by atoms with Crippen LogP contribution < -0.4 is 10.1 Å². The number of hydrogen-bond acceptors (Lipinski definition) is 8. The first-order valence-electron chi connectivity index (χ1n) is 11.9. The minimum absolute atomic E-state index is 0.0341. The maximum atomic E-state index is 13.9. The van der Waals surface area contributed by atoms with Gasteiger partial charge in [-0.1, -0.05) is 42.3 Å². The molecule has 2 fully saturated rings. The monoisotopic (exact) mass is 519 g/mol. The van der Waals surface area contributed by atoms with Crippen molar-refractivity contribution in [3.8, 4) is 5.75 Å². The smallest absolute Gasteiger partial charge is 0.258 e. The van der Waals surface area contributed by atoms with Crippen molar-refractivity contribution in [1.82, 2.24) is 19.8 Å². The number of amides is 1. The summed E-state index contributed by atoms with van der Waals surface area (Å²) in [5.74, 6) is 1.40. The molecule has 2 saturated heterocycles. The Kier molecular flexibility index (Phi) is 7.02. The van der Waals surface area contributed by atoms with Gasteiger partial charge in [0.1, 0.15) is 11.6 Å². The third-order valence-electron chi connectivity index (χ3n) is 6.68. The number of anilines is 2. The number of nitrogens with one attached hydrogen (secondary N) is 1. The summed E-state index contributed by atoms with van der Waals surface area (Å²) in [6.07, 6.45) is 7.38. The lowest BCUT2D eigenvalue weighted by Gasteiger charge is -2.42. The molecule has 0 saturated carbocycles. The van der Waals surface area contributed by atoms with Gasteiger partial charge in [-0.3, -0.25) is 4.79 Å². The van der Waals surface area contributed by atoms with Gasteiger partial charge in [-0.25, -0.2) is 9.97 Å². The number of nitrogens with zero attached hydrogens (tertiary/aromatic N) is 4. The number of thiazole rings is 1. The van der Waals surface area contributed by atoms with Crippen LogP contribution in [0.5, 0.6) is 5.75 Å². The van der Waals surface area contributed by atoms with Crippen molar-refractivity contribution >= 4 is 40.0 Å². The van der Waals surface area contributed by atoms with Crippen LogP contribution in [0.3, 0.4) is 0 Å². The molecule has 9 heteroatoms. The molecule has 2 aliphatic rings. The summed E-state index contributed by atoms with van der Waals surface area (Å²) >= 11 is 3.16. The van der Waals surface area contributed by atoms with Gasteiger partial charge in [0.2, 0.25) is 0 Å². The van der Waals surface area contributed by atoms with E-state index in [9.17, 15) is 4.79 Å². The van der Waals surface area contributed by atoms with Crippen LogP contribution in [0.2, 0.25) is 0 Å². The molecular formula is C27H29N5O2S2. The first-order chi connectivity index (χ1) is 17.5. The number of ether oxygens (including phenoxy) is 1. The summed E-state index contributed by atoms with van der Waals surface area (Å²) in [4.78, 5) is 28.0. The van der Waals surface area contributed by atoms with E-state index in [1.54, 1.807) is 42.5 Å². The summed E-state index contributed by atoms with van der Waals surface area (Å²) in [6.45, 7) is 11.6. The minimum atomic E-state index is 0.0341. The van der Waals surface area contributed by atoms with Crippen molar-refractivity contribution in [3.05, 3.63) is 78.8 Å². The van der Waals surface area contributed by atoms with Crippen molar-refractivity contribution in [2.75, 3.05) is 25.5 Å². The third kappa shape index (κ3) is 4.85. The summed E-state index contributed by atoms with van der Waals surface area (Å²) in [6, 6.07) is 9.97. The van der Waals surface area contributed by atoms with E-state index in [0.717, 1.165) is 57.2 Å². The summed E-state index contributed by atoms with van der Waals surface area (Å²) in [7, 11) is 1.62. The summed E-state index contributed by atoms with van der Waals surface area (Å²) < 4.78 is 6.68. The second-order valence-electron chi connectivity index (χ2n) is 8.94. The molecule has 3 aromatic rings. The fourth-order valence-corrected chi connectivity index (χ4v) is 6.81. The predicted octanol–water partition coefficient (Wildman–Crippen LogP) is 5.74. The molecule has 0 unspecified atom stereocenters. The maximum Gasteiger partial charge on any atom is 0.258 e. The molecule has 36 heavy (non-hydrogen) atoms. The highest BCUT2D eigenvalue weighted by Crippen LogP contribution is 2.40. The first kappa shape index (κ1) is 24.4. The number of hydrogen-bond donors (Lipinski definition) is 1. The zero-order valence-electron chi connectivity index (χ0n) is 20.4. The number of allylic oxidation sites excluding steroid dienone is 1. The lowest BCUT2D eigenvalue weighted by Crippen LogP contribution is -2.55. The van der Waals surface area contributed by atoms with Gasteiger partial charge in [0.25, 0.3) is 5.91 Å². The van der Waals surface area contributed by atoms with E-state index in [-0.39, 0.29) is 18.0 Å². The molecule has 2 aliphatic heterocycles. The van der Waals surface area contributed by atoms with Crippen molar-refractivity contribution in [3.63, 3.8) is 0 Å². The van der Waals surface area contributed by atoms with E-state index in [2.05, 4.69) is 38.2 Å². The fraction of sp³-hybridized carbons (Fsp3) is 0.296. The SMILES string of the molecule is C=CC(=C)N1C[C@H]2CC[C@@H](C1)N2C(=O)c1cc(Sc2cnc(Nc3ccccn3)s2)c(C)cc1OC. The normalized spacial score (nSPS) is 18.7. The number of pyridine rings is 1. The van der Waals surface area contributed by atoms with Gasteiger partial charge in [-0.15, -0.1) is 0 Å². The highest BCUT2D eigenvalue weighted by atomic mass is 32.2. The highest BCUT2D eigenvalue weighted by molar-refractivity contribution is 8.01. The zero-order valence-corrected chi connectivity index (χ0v) is 22.1.